The van der Waals surface area contributed by atoms with Gasteiger partial charge in [0.15, 0.2) is 12.8 Å². The first-order valence-electron chi connectivity index (χ1n) is 3.17. The number of carbonyl (C=O) groups excluding carboxylic acids is 1. The molecule has 0 saturated carbocycles. The molecule has 1 aromatic rings. The molecule has 0 aromatic carbocycles. The fourth-order valence-electron chi connectivity index (χ4n) is 1.06. The summed E-state index contributed by atoms with van der Waals surface area (Å²) >= 11 is 0. The van der Waals surface area contributed by atoms with Crippen molar-refractivity contribution in [2.24, 2.45) is 0 Å². The normalized spacial score (nSPS) is 14.4. The van der Waals surface area contributed by atoms with Crippen molar-refractivity contribution in [1.29, 1.82) is 0 Å². The third-order valence-corrected chi connectivity index (χ3v) is 1.62. The molecule has 0 spiro atoms. The predicted octanol–water partition coefficient (Wildman–Crippen LogP) is -0.00960. The van der Waals surface area contributed by atoms with Crippen molar-refractivity contribution in [3.63, 3.8) is 0 Å². The first kappa shape index (κ1) is 6.15. The molecule has 0 N–H and O–H groups in total. The lowest BCUT2D eigenvalue weighted by atomic mass is 10.2. The molecule has 4 nitrogen and oxygen atoms in total. The number of hydrogen-bond donors (Lipinski definition) is 0. The van der Waals surface area contributed by atoms with Crippen LogP contribution < -0.4 is 4.73 Å². The molecule has 2 rings (SSSR count). The van der Waals surface area contributed by atoms with Crippen LogP contribution in [0.5, 0.6) is 0 Å². The minimum absolute atomic E-state index is 0.0957. The summed E-state index contributed by atoms with van der Waals surface area (Å²) in [5, 5.41) is 10.9. The molecule has 1 aromatic heterocycles. The summed E-state index contributed by atoms with van der Waals surface area (Å²) in [6.07, 6.45) is 1.35. The number of carbonyl (C=O) groups is 1. The maximum absolute atomic E-state index is 10.9. The van der Waals surface area contributed by atoms with E-state index in [4.69, 9.17) is 0 Å². The van der Waals surface area contributed by atoms with Crippen LogP contribution in [0.3, 0.4) is 0 Å². The number of cyclic esters (lactones) is 1. The standard InChI is InChI=1S/C7H5NO3/c9-7-5-2-1-3-8(10)6(5)4-11-7/h1-3H,4H2. The minimum Gasteiger partial charge on any atom is -0.618 e. The van der Waals surface area contributed by atoms with Crippen LogP contribution in [0.15, 0.2) is 18.3 Å². The largest absolute Gasteiger partial charge is 0.618 e. The smallest absolute Gasteiger partial charge is 0.345 e. The van der Waals surface area contributed by atoms with E-state index in [0.717, 1.165) is 0 Å². The van der Waals surface area contributed by atoms with Crippen molar-refractivity contribution in [3.8, 4) is 0 Å². The number of pyridine rings is 1. The lowest BCUT2D eigenvalue weighted by molar-refractivity contribution is -0.615. The second-order valence-electron chi connectivity index (χ2n) is 2.27. The van der Waals surface area contributed by atoms with Crippen LogP contribution in [-0.4, -0.2) is 5.97 Å². The lowest BCUT2D eigenvalue weighted by Crippen LogP contribution is -2.30. The van der Waals surface area contributed by atoms with Gasteiger partial charge in [-0.2, -0.15) is 4.73 Å². The highest BCUT2D eigenvalue weighted by atomic mass is 16.5. The quantitative estimate of drug-likeness (QED) is 0.297. The summed E-state index contributed by atoms with van der Waals surface area (Å²) in [6.45, 7) is 0.0957. The number of fused-ring (bicyclic) bond motifs is 1. The Balaban J connectivity index is 2.66. The molecule has 0 radical (unpaired) electrons. The minimum atomic E-state index is -0.412. The first-order valence-corrected chi connectivity index (χ1v) is 3.17. The van der Waals surface area contributed by atoms with Crippen molar-refractivity contribution in [1.82, 2.24) is 0 Å². The maximum atomic E-state index is 10.9. The van der Waals surface area contributed by atoms with Gasteiger partial charge in [-0.05, 0) is 6.07 Å². The van der Waals surface area contributed by atoms with E-state index in [-0.39, 0.29) is 6.61 Å². The molecule has 0 amide bonds. The second kappa shape index (κ2) is 1.95. The molecular formula is C7H5NO3. The van der Waals surface area contributed by atoms with Crippen LogP contribution >= 0.6 is 0 Å². The third kappa shape index (κ3) is 0.756. The molecule has 0 fully saturated rings. The van der Waals surface area contributed by atoms with Gasteiger partial charge in [0.05, 0.1) is 0 Å². The number of aromatic nitrogens is 1. The van der Waals surface area contributed by atoms with E-state index in [2.05, 4.69) is 4.74 Å². The van der Waals surface area contributed by atoms with Crippen molar-refractivity contribution >= 4 is 5.97 Å². The van der Waals surface area contributed by atoms with Gasteiger partial charge in [0.1, 0.15) is 5.56 Å². The van der Waals surface area contributed by atoms with E-state index >= 15 is 0 Å². The summed E-state index contributed by atoms with van der Waals surface area (Å²) < 4.78 is 5.30. The van der Waals surface area contributed by atoms with Gasteiger partial charge < -0.3 is 9.94 Å². The van der Waals surface area contributed by atoms with E-state index in [1.165, 1.54) is 12.3 Å². The summed E-state index contributed by atoms with van der Waals surface area (Å²) in [4.78, 5) is 10.8. The Morgan fingerprint density at radius 1 is 1.64 bits per heavy atom. The molecule has 11 heavy (non-hydrogen) atoms. The number of rotatable bonds is 0. The highest BCUT2D eigenvalue weighted by Gasteiger charge is 2.27. The Morgan fingerprint density at radius 3 is 3.18 bits per heavy atom. The number of ether oxygens (including phenoxy) is 1. The number of hydrogen-bond acceptors (Lipinski definition) is 3. The van der Waals surface area contributed by atoms with Gasteiger partial charge in [-0.25, -0.2) is 4.79 Å². The highest BCUT2D eigenvalue weighted by Crippen LogP contribution is 2.14. The van der Waals surface area contributed by atoms with E-state index in [1.54, 1.807) is 6.07 Å². The zero-order valence-corrected chi connectivity index (χ0v) is 5.61. The molecule has 2 heterocycles. The highest BCUT2D eigenvalue weighted by molar-refractivity contribution is 5.92. The average molecular weight is 151 g/mol. The summed E-state index contributed by atoms with van der Waals surface area (Å²) in [5.74, 6) is -0.412. The third-order valence-electron chi connectivity index (χ3n) is 1.62. The predicted molar refractivity (Wildman–Crippen MR) is 34.5 cm³/mol. The maximum Gasteiger partial charge on any atom is 0.345 e. The van der Waals surface area contributed by atoms with Crippen molar-refractivity contribution in [2.45, 2.75) is 6.61 Å². The van der Waals surface area contributed by atoms with Gasteiger partial charge in [-0.3, -0.25) is 0 Å². The van der Waals surface area contributed by atoms with Crippen molar-refractivity contribution in [3.05, 3.63) is 34.8 Å². The van der Waals surface area contributed by atoms with Gasteiger partial charge in [-0.15, -0.1) is 0 Å². The second-order valence-corrected chi connectivity index (χ2v) is 2.27. The fourth-order valence-corrected chi connectivity index (χ4v) is 1.06. The molecule has 56 valence electrons. The van der Waals surface area contributed by atoms with E-state index in [0.29, 0.717) is 16.0 Å². The zero-order valence-electron chi connectivity index (χ0n) is 5.61. The molecular weight excluding hydrogens is 146 g/mol. The molecule has 0 saturated heterocycles. The SMILES string of the molecule is O=C1OCc2c1ccc[n+]2[O-]. The Hall–Kier alpha value is -1.58. The van der Waals surface area contributed by atoms with Gasteiger partial charge in [0, 0.05) is 6.07 Å². The zero-order chi connectivity index (χ0) is 7.84. The summed E-state index contributed by atoms with van der Waals surface area (Å²) in [7, 11) is 0. The molecule has 4 heteroatoms. The van der Waals surface area contributed by atoms with Crippen LogP contribution in [-0.2, 0) is 11.3 Å². The Labute approximate surface area is 62.6 Å². The summed E-state index contributed by atoms with van der Waals surface area (Å²) in [6, 6.07) is 3.11. The summed E-state index contributed by atoms with van der Waals surface area (Å²) in [5.41, 5.74) is 0.778. The van der Waals surface area contributed by atoms with Crippen LogP contribution in [0.2, 0.25) is 0 Å². The van der Waals surface area contributed by atoms with E-state index < -0.39 is 5.97 Å². The fraction of sp³-hybridized carbons (Fsp3) is 0.143. The Kier molecular flexibility index (Phi) is 1.09. The number of esters is 1. The molecule has 0 unspecified atom stereocenters. The van der Waals surface area contributed by atoms with E-state index in [9.17, 15) is 10.0 Å². The average Bonchev–Trinajstić information content (AvgIpc) is 2.35. The van der Waals surface area contributed by atoms with Crippen molar-refractivity contribution in [2.75, 3.05) is 0 Å². The lowest BCUT2D eigenvalue weighted by Gasteiger charge is -1.96. The van der Waals surface area contributed by atoms with Gasteiger partial charge in [0.25, 0.3) is 0 Å². The molecule has 1 aliphatic rings. The topological polar surface area (TPSA) is 53.2 Å². The monoisotopic (exact) mass is 151 g/mol. The van der Waals surface area contributed by atoms with Crippen LogP contribution in [0.4, 0.5) is 0 Å². The van der Waals surface area contributed by atoms with Crippen LogP contribution in [0.1, 0.15) is 16.1 Å². The van der Waals surface area contributed by atoms with Gasteiger partial charge in [0.2, 0.25) is 5.69 Å². The number of nitrogens with zero attached hydrogens (tertiary/aromatic N) is 1. The van der Waals surface area contributed by atoms with Gasteiger partial charge in [-0.1, -0.05) is 0 Å². The molecule has 0 aliphatic carbocycles. The first-order chi connectivity index (χ1) is 5.29. The van der Waals surface area contributed by atoms with Crippen LogP contribution in [0.25, 0.3) is 0 Å². The van der Waals surface area contributed by atoms with E-state index in [1.807, 2.05) is 0 Å². The van der Waals surface area contributed by atoms with Crippen LogP contribution in [0, 0.1) is 5.21 Å². The van der Waals surface area contributed by atoms with Gasteiger partial charge >= 0.3 is 5.97 Å². The molecule has 0 bridgehead atoms. The Bertz CT molecular complexity index is 321. The Morgan fingerprint density at radius 2 is 2.45 bits per heavy atom. The molecule has 1 aliphatic heterocycles. The van der Waals surface area contributed by atoms with Crippen molar-refractivity contribution < 1.29 is 14.3 Å². The molecule has 0 atom stereocenters.